The summed E-state index contributed by atoms with van der Waals surface area (Å²) in [6.45, 7) is 6.72. The molecule has 0 fully saturated rings. The number of anilines is 1. The van der Waals surface area contributed by atoms with Gasteiger partial charge in [-0.15, -0.1) is 0 Å². The van der Waals surface area contributed by atoms with Crippen LogP contribution in [-0.4, -0.2) is 35.5 Å². The Labute approximate surface area is 109 Å². The van der Waals surface area contributed by atoms with Gasteiger partial charge in [-0.25, -0.2) is 9.67 Å². The van der Waals surface area contributed by atoms with Crippen molar-refractivity contribution in [2.45, 2.75) is 33.4 Å². The Morgan fingerprint density at radius 2 is 2.17 bits per heavy atom. The van der Waals surface area contributed by atoms with Gasteiger partial charge in [-0.05, 0) is 20.8 Å². The molecule has 7 heteroatoms. The maximum Gasteiger partial charge on any atom is 0.202 e. The molecule has 0 aliphatic heterocycles. The van der Waals surface area contributed by atoms with Crippen molar-refractivity contribution >= 4 is 27.9 Å². The molecular formula is C11H19N5OS. The standard InChI is InChI=1S/C11H19N5OS/c1-5-15-10-9(8(3)14-15)13-11(12)16(10)7(2)6-18(4)17/h7H,5-6H2,1-4H3,(H2,12,13). The number of aryl methyl sites for hydroxylation is 2. The molecule has 2 aromatic heterocycles. The number of hydrogen-bond acceptors (Lipinski definition) is 4. The van der Waals surface area contributed by atoms with Crippen molar-refractivity contribution in [2.75, 3.05) is 17.7 Å². The lowest BCUT2D eigenvalue weighted by molar-refractivity contribution is 0.583. The number of rotatable bonds is 4. The summed E-state index contributed by atoms with van der Waals surface area (Å²) < 4.78 is 15.2. The SMILES string of the molecule is CCn1nc(C)c2nc(N)n(C(C)CS(C)=O)c21. The van der Waals surface area contributed by atoms with E-state index in [1.165, 1.54) is 0 Å². The number of fused-ring (bicyclic) bond motifs is 1. The molecule has 0 aliphatic rings. The number of nitrogens with two attached hydrogens (primary N) is 1. The van der Waals surface area contributed by atoms with E-state index in [4.69, 9.17) is 5.73 Å². The monoisotopic (exact) mass is 269 g/mol. The largest absolute Gasteiger partial charge is 0.369 e. The summed E-state index contributed by atoms with van der Waals surface area (Å²) >= 11 is 0. The van der Waals surface area contributed by atoms with Crippen LogP contribution in [0.1, 0.15) is 25.6 Å². The summed E-state index contributed by atoms with van der Waals surface area (Å²) in [5.74, 6) is 1.02. The van der Waals surface area contributed by atoms with Crippen molar-refractivity contribution in [3.05, 3.63) is 5.69 Å². The first-order valence-electron chi connectivity index (χ1n) is 5.96. The van der Waals surface area contributed by atoms with Crippen LogP contribution in [0.15, 0.2) is 0 Å². The number of imidazole rings is 1. The molecule has 18 heavy (non-hydrogen) atoms. The van der Waals surface area contributed by atoms with Gasteiger partial charge in [-0.1, -0.05) is 0 Å². The minimum atomic E-state index is -0.867. The van der Waals surface area contributed by atoms with Crippen molar-refractivity contribution in [2.24, 2.45) is 0 Å². The van der Waals surface area contributed by atoms with E-state index in [-0.39, 0.29) is 6.04 Å². The fourth-order valence-electron chi connectivity index (χ4n) is 2.28. The minimum Gasteiger partial charge on any atom is -0.369 e. The van der Waals surface area contributed by atoms with Gasteiger partial charge in [0.15, 0.2) is 5.65 Å². The second-order valence-electron chi connectivity index (χ2n) is 4.50. The quantitative estimate of drug-likeness (QED) is 0.901. The van der Waals surface area contributed by atoms with Gasteiger partial charge in [-0.3, -0.25) is 8.78 Å². The lowest BCUT2D eigenvalue weighted by Gasteiger charge is -2.15. The molecule has 2 N–H and O–H groups in total. The second-order valence-corrected chi connectivity index (χ2v) is 5.98. The molecule has 0 saturated heterocycles. The third-order valence-electron chi connectivity index (χ3n) is 2.99. The highest BCUT2D eigenvalue weighted by atomic mass is 32.2. The van der Waals surface area contributed by atoms with Crippen LogP contribution >= 0.6 is 0 Å². The van der Waals surface area contributed by atoms with Gasteiger partial charge >= 0.3 is 0 Å². The molecule has 100 valence electrons. The maximum absolute atomic E-state index is 11.4. The number of nitrogen functional groups attached to an aromatic ring is 1. The molecule has 0 saturated carbocycles. The Hall–Kier alpha value is -1.37. The molecule has 2 heterocycles. The summed E-state index contributed by atoms with van der Waals surface area (Å²) in [6, 6.07) is 0.0437. The second kappa shape index (κ2) is 4.72. The van der Waals surface area contributed by atoms with Crippen LogP contribution in [0.4, 0.5) is 5.95 Å². The van der Waals surface area contributed by atoms with Crippen molar-refractivity contribution < 1.29 is 4.21 Å². The molecule has 0 aliphatic carbocycles. The van der Waals surface area contributed by atoms with E-state index in [1.54, 1.807) is 6.26 Å². The van der Waals surface area contributed by atoms with Crippen molar-refractivity contribution in [1.29, 1.82) is 0 Å². The first-order chi connectivity index (χ1) is 8.45. The topological polar surface area (TPSA) is 78.7 Å². The van der Waals surface area contributed by atoms with Gasteiger partial charge in [0, 0.05) is 35.4 Å². The van der Waals surface area contributed by atoms with Crippen molar-refractivity contribution in [3.63, 3.8) is 0 Å². The fourth-order valence-corrected chi connectivity index (χ4v) is 3.10. The molecule has 0 aromatic carbocycles. The summed E-state index contributed by atoms with van der Waals surface area (Å²) in [7, 11) is -0.867. The predicted molar refractivity (Wildman–Crippen MR) is 74.0 cm³/mol. The minimum absolute atomic E-state index is 0.0437. The van der Waals surface area contributed by atoms with Crippen LogP contribution in [0.25, 0.3) is 11.2 Å². The third kappa shape index (κ3) is 2.03. The molecule has 6 nitrogen and oxygen atoms in total. The highest BCUT2D eigenvalue weighted by Gasteiger charge is 2.20. The van der Waals surface area contributed by atoms with E-state index in [0.29, 0.717) is 11.7 Å². The average Bonchev–Trinajstić information content (AvgIpc) is 2.75. The Morgan fingerprint density at radius 1 is 1.50 bits per heavy atom. The maximum atomic E-state index is 11.4. The lowest BCUT2D eigenvalue weighted by Crippen LogP contribution is -2.17. The molecule has 0 bridgehead atoms. The van der Waals surface area contributed by atoms with E-state index in [1.807, 2.05) is 30.0 Å². The molecule has 2 rings (SSSR count). The predicted octanol–water partition coefficient (Wildman–Crippen LogP) is 1.08. The third-order valence-corrected chi connectivity index (χ3v) is 3.94. The van der Waals surface area contributed by atoms with Gasteiger partial charge in [0.05, 0.1) is 5.69 Å². The van der Waals surface area contributed by atoms with Crippen LogP contribution in [-0.2, 0) is 17.3 Å². The lowest BCUT2D eigenvalue weighted by atomic mass is 10.3. The van der Waals surface area contributed by atoms with Gasteiger partial charge in [0.1, 0.15) is 5.52 Å². The zero-order chi connectivity index (χ0) is 13.4. The zero-order valence-corrected chi connectivity index (χ0v) is 12.0. The van der Waals surface area contributed by atoms with Gasteiger partial charge in [0.2, 0.25) is 5.95 Å². The highest BCUT2D eigenvalue weighted by Crippen LogP contribution is 2.25. The first-order valence-corrected chi connectivity index (χ1v) is 7.69. The van der Waals surface area contributed by atoms with Gasteiger partial charge < -0.3 is 5.73 Å². The fraction of sp³-hybridized carbons (Fsp3) is 0.636. The normalized spacial score (nSPS) is 15.1. The average molecular weight is 269 g/mol. The number of aromatic nitrogens is 4. The Morgan fingerprint density at radius 3 is 2.72 bits per heavy atom. The van der Waals surface area contributed by atoms with Crippen LogP contribution in [0, 0.1) is 6.92 Å². The first kappa shape index (κ1) is 13.1. The van der Waals surface area contributed by atoms with Crippen LogP contribution < -0.4 is 5.73 Å². The molecule has 0 amide bonds. The Kier molecular flexibility index (Phi) is 3.43. The van der Waals surface area contributed by atoms with Crippen LogP contribution in [0.3, 0.4) is 0 Å². The molecule has 0 spiro atoms. The van der Waals surface area contributed by atoms with E-state index >= 15 is 0 Å². The Balaban J connectivity index is 2.61. The smallest absolute Gasteiger partial charge is 0.202 e. The Bertz CT molecular complexity index is 600. The van der Waals surface area contributed by atoms with E-state index < -0.39 is 10.8 Å². The number of nitrogens with zero attached hydrogens (tertiary/aromatic N) is 4. The van der Waals surface area contributed by atoms with Crippen LogP contribution in [0.5, 0.6) is 0 Å². The summed E-state index contributed by atoms with van der Waals surface area (Å²) in [5, 5.41) is 4.43. The summed E-state index contributed by atoms with van der Waals surface area (Å²) in [5.41, 5.74) is 8.61. The summed E-state index contributed by atoms with van der Waals surface area (Å²) in [4.78, 5) is 4.37. The molecule has 2 atom stereocenters. The number of hydrogen-bond donors (Lipinski definition) is 1. The zero-order valence-electron chi connectivity index (χ0n) is 11.2. The van der Waals surface area contributed by atoms with E-state index in [2.05, 4.69) is 10.1 Å². The van der Waals surface area contributed by atoms with E-state index in [9.17, 15) is 4.21 Å². The molecule has 2 aromatic rings. The summed E-state index contributed by atoms with van der Waals surface area (Å²) in [6.07, 6.45) is 1.70. The highest BCUT2D eigenvalue weighted by molar-refractivity contribution is 7.84. The van der Waals surface area contributed by atoms with Crippen molar-refractivity contribution in [3.8, 4) is 0 Å². The molecular weight excluding hydrogens is 250 g/mol. The van der Waals surface area contributed by atoms with Gasteiger partial charge in [-0.2, -0.15) is 5.10 Å². The van der Waals surface area contributed by atoms with Crippen LogP contribution in [0.2, 0.25) is 0 Å². The van der Waals surface area contributed by atoms with E-state index in [0.717, 1.165) is 23.4 Å². The van der Waals surface area contributed by atoms with Crippen molar-refractivity contribution in [1.82, 2.24) is 19.3 Å². The molecule has 2 unspecified atom stereocenters. The van der Waals surface area contributed by atoms with Gasteiger partial charge in [0.25, 0.3) is 0 Å². The molecule has 0 radical (unpaired) electrons.